The van der Waals surface area contributed by atoms with Crippen molar-refractivity contribution in [2.24, 2.45) is 0 Å². The number of hydrogen-bond acceptors (Lipinski definition) is 11. The zero-order valence-electron chi connectivity index (χ0n) is 19.4. The number of aliphatic hydroxyl groups excluding tert-OH is 5. The topological polar surface area (TPSA) is 229 Å². The molecule has 7 N–H and O–H groups in total. The molecular weight excluding hydrogens is 484 g/mol. The first-order chi connectivity index (χ1) is 17.1. The van der Waals surface area contributed by atoms with E-state index in [0.29, 0.717) is 12.0 Å². The average Bonchev–Trinajstić information content (AvgIpc) is 3.41. The van der Waals surface area contributed by atoms with E-state index in [1.54, 1.807) is 6.92 Å². The molecule has 2 aromatic rings. The fourth-order valence-electron chi connectivity index (χ4n) is 3.95. The van der Waals surface area contributed by atoms with E-state index in [4.69, 9.17) is 24.8 Å². The van der Waals surface area contributed by atoms with Crippen molar-refractivity contribution in [1.82, 2.24) is 19.1 Å². The molecule has 0 aromatic carbocycles. The Labute approximate surface area is 202 Å². The smallest absolute Gasteiger partial charge is 0.330 e. The van der Waals surface area contributed by atoms with E-state index in [0.717, 1.165) is 4.57 Å². The fraction of sp³-hybridized carbons (Fsp3) is 0.619. The normalized spacial score (nSPS) is 27.6. The second kappa shape index (κ2) is 11.9. The van der Waals surface area contributed by atoms with Crippen LogP contribution in [0.4, 0.5) is 0 Å². The highest BCUT2D eigenvalue weighted by Crippen LogP contribution is 2.28. The van der Waals surface area contributed by atoms with Crippen LogP contribution < -0.4 is 22.5 Å². The van der Waals surface area contributed by atoms with Gasteiger partial charge in [-0.3, -0.25) is 28.7 Å². The molecule has 2 aliphatic rings. The number of nitrogens with one attached hydrogen (secondary N) is 2. The van der Waals surface area contributed by atoms with E-state index >= 15 is 0 Å². The SMILES string of the molecule is CCc1cn([C@H]2C[C@H](O)[C@@H](CO)O2)c(=O)[nH]c1=O.O=c1[nH]c(=O)n([C@H]2C[C@H](O)[C@@H](CO)O2)cc1CO. The van der Waals surface area contributed by atoms with E-state index in [1.165, 1.54) is 17.0 Å². The van der Waals surface area contributed by atoms with Crippen molar-refractivity contribution in [3.63, 3.8) is 0 Å². The van der Waals surface area contributed by atoms with Gasteiger partial charge < -0.3 is 35.0 Å². The van der Waals surface area contributed by atoms with Gasteiger partial charge in [0.15, 0.2) is 0 Å². The van der Waals surface area contributed by atoms with Crippen LogP contribution in [0.5, 0.6) is 0 Å². The molecule has 2 fully saturated rings. The molecule has 6 atom stereocenters. The second-order valence-corrected chi connectivity index (χ2v) is 8.38. The van der Waals surface area contributed by atoms with Crippen LogP contribution in [0.1, 0.15) is 43.3 Å². The lowest BCUT2D eigenvalue weighted by molar-refractivity contribution is -0.0460. The Morgan fingerprint density at radius 2 is 1.22 bits per heavy atom. The van der Waals surface area contributed by atoms with E-state index in [1.807, 2.05) is 0 Å². The lowest BCUT2D eigenvalue weighted by atomic mass is 10.2. The second-order valence-electron chi connectivity index (χ2n) is 8.38. The van der Waals surface area contributed by atoms with Crippen molar-refractivity contribution in [2.45, 2.75) is 69.7 Å². The summed E-state index contributed by atoms with van der Waals surface area (Å²) in [5, 5.41) is 46.1. The van der Waals surface area contributed by atoms with Crippen molar-refractivity contribution in [1.29, 1.82) is 0 Å². The first kappa shape index (κ1) is 27.7. The third kappa shape index (κ3) is 5.89. The number of hydrogen-bond donors (Lipinski definition) is 7. The molecule has 2 aromatic heterocycles. The Morgan fingerprint density at radius 3 is 1.58 bits per heavy atom. The highest BCUT2D eigenvalue weighted by molar-refractivity contribution is 5.05. The van der Waals surface area contributed by atoms with Crippen molar-refractivity contribution in [3.8, 4) is 0 Å². The maximum atomic E-state index is 11.7. The Balaban J connectivity index is 0.000000201. The van der Waals surface area contributed by atoms with E-state index < -0.39 is 66.0 Å². The summed E-state index contributed by atoms with van der Waals surface area (Å²) in [7, 11) is 0. The summed E-state index contributed by atoms with van der Waals surface area (Å²) in [6.07, 6.45) is -1.11. The van der Waals surface area contributed by atoms with E-state index in [-0.39, 0.29) is 31.6 Å². The molecule has 0 aliphatic carbocycles. The summed E-state index contributed by atoms with van der Waals surface area (Å²) in [5.41, 5.74) is -1.83. The lowest BCUT2D eigenvalue weighted by Crippen LogP contribution is -2.34. The van der Waals surface area contributed by atoms with Crippen LogP contribution in [-0.2, 0) is 22.5 Å². The Kier molecular flexibility index (Phi) is 9.13. The molecule has 36 heavy (non-hydrogen) atoms. The first-order valence-corrected chi connectivity index (χ1v) is 11.3. The molecule has 200 valence electrons. The largest absolute Gasteiger partial charge is 0.394 e. The van der Waals surface area contributed by atoms with Crippen LogP contribution in [0.2, 0.25) is 0 Å². The zero-order chi connectivity index (χ0) is 26.6. The van der Waals surface area contributed by atoms with E-state index in [2.05, 4.69) is 9.97 Å². The molecule has 0 amide bonds. The first-order valence-electron chi connectivity index (χ1n) is 11.3. The van der Waals surface area contributed by atoms with Gasteiger partial charge in [0.25, 0.3) is 11.1 Å². The molecule has 2 saturated heterocycles. The number of aryl methyl sites for hydroxylation is 1. The summed E-state index contributed by atoms with van der Waals surface area (Å²) in [4.78, 5) is 50.2. The number of aromatic nitrogens is 4. The maximum Gasteiger partial charge on any atom is 0.330 e. The molecule has 15 heteroatoms. The minimum Gasteiger partial charge on any atom is -0.394 e. The van der Waals surface area contributed by atoms with Gasteiger partial charge in [-0.25, -0.2) is 9.59 Å². The van der Waals surface area contributed by atoms with Gasteiger partial charge in [0.2, 0.25) is 0 Å². The van der Waals surface area contributed by atoms with Gasteiger partial charge in [-0.2, -0.15) is 0 Å². The van der Waals surface area contributed by atoms with Crippen LogP contribution in [-0.4, -0.2) is 82.3 Å². The Bertz CT molecular complexity index is 1170. The molecule has 0 saturated carbocycles. The number of nitrogens with zero attached hydrogens (tertiary/aromatic N) is 2. The van der Waals surface area contributed by atoms with Crippen LogP contribution in [0.15, 0.2) is 31.6 Å². The van der Waals surface area contributed by atoms with E-state index in [9.17, 15) is 29.4 Å². The Hall–Kier alpha value is -2.92. The summed E-state index contributed by atoms with van der Waals surface area (Å²) >= 11 is 0. The predicted octanol–water partition coefficient (Wildman–Crippen LogP) is -3.59. The third-order valence-electron chi connectivity index (χ3n) is 6.02. The van der Waals surface area contributed by atoms with Gasteiger partial charge in [-0.1, -0.05) is 6.92 Å². The number of aliphatic hydroxyl groups is 5. The fourth-order valence-corrected chi connectivity index (χ4v) is 3.95. The van der Waals surface area contributed by atoms with Gasteiger partial charge in [-0.05, 0) is 6.42 Å². The average molecular weight is 514 g/mol. The lowest BCUT2D eigenvalue weighted by Gasteiger charge is -2.14. The number of aromatic amines is 2. The number of H-pyrrole nitrogens is 2. The molecule has 2 aliphatic heterocycles. The minimum absolute atomic E-state index is 0.0279. The van der Waals surface area contributed by atoms with Crippen molar-refractivity contribution in [3.05, 3.63) is 65.2 Å². The van der Waals surface area contributed by atoms with Gasteiger partial charge in [-0.15, -0.1) is 0 Å². The third-order valence-corrected chi connectivity index (χ3v) is 6.02. The molecular formula is C21H30N4O11. The van der Waals surface area contributed by atoms with Crippen LogP contribution in [0.25, 0.3) is 0 Å². The van der Waals surface area contributed by atoms with Crippen LogP contribution in [0, 0.1) is 0 Å². The molecule has 0 spiro atoms. The molecule has 0 bridgehead atoms. The van der Waals surface area contributed by atoms with Crippen LogP contribution in [0.3, 0.4) is 0 Å². The van der Waals surface area contributed by atoms with Gasteiger partial charge in [0.05, 0.1) is 37.6 Å². The van der Waals surface area contributed by atoms with Crippen LogP contribution >= 0.6 is 0 Å². The molecule has 0 unspecified atom stereocenters. The Morgan fingerprint density at radius 1 is 0.806 bits per heavy atom. The maximum absolute atomic E-state index is 11.7. The zero-order valence-corrected chi connectivity index (χ0v) is 19.4. The summed E-state index contributed by atoms with van der Waals surface area (Å²) in [5.74, 6) is 0. The molecule has 15 nitrogen and oxygen atoms in total. The van der Waals surface area contributed by atoms with Crippen molar-refractivity contribution in [2.75, 3.05) is 13.2 Å². The number of ether oxygens (including phenoxy) is 2. The monoisotopic (exact) mass is 514 g/mol. The molecule has 4 heterocycles. The summed E-state index contributed by atoms with van der Waals surface area (Å²) < 4.78 is 13.0. The predicted molar refractivity (Wildman–Crippen MR) is 121 cm³/mol. The van der Waals surface area contributed by atoms with Gasteiger partial charge in [0.1, 0.15) is 24.7 Å². The standard InChI is InChI=1S/C11H16N2O5.C10H14N2O6/c1-2-6-4-13(11(17)12-10(6)16)9-3-7(15)8(5-14)18-9;13-3-5-2-12(10(17)11-9(5)16)8-1-6(15)7(4-14)18-8/h4,7-9,14-15H,2-3,5H2,1H3,(H,12,16,17);2,6-8,13-15H,1,3-4H2,(H,11,16,17)/t7-,8+,9+;6-,7+,8+/m00/s1. The quantitative estimate of drug-likeness (QED) is 0.199. The highest BCUT2D eigenvalue weighted by atomic mass is 16.5. The van der Waals surface area contributed by atoms with Crippen molar-refractivity contribution >= 4 is 0 Å². The number of rotatable bonds is 6. The molecule has 0 radical (unpaired) electrons. The van der Waals surface area contributed by atoms with Crippen molar-refractivity contribution < 1.29 is 35.0 Å². The molecule has 4 rings (SSSR count). The summed E-state index contributed by atoms with van der Waals surface area (Å²) in [6, 6.07) is 0. The summed E-state index contributed by atoms with van der Waals surface area (Å²) in [6.45, 7) is 0.633. The van der Waals surface area contributed by atoms with Gasteiger partial charge >= 0.3 is 11.4 Å². The van der Waals surface area contributed by atoms with Gasteiger partial charge in [0, 0.05) is 30.8 Å². The highest BCUT2D eigenvalue weighted by Gasteiger charge is 2.36. The minimum atomic E-state index is -0.878.